The Morgan fingerprint density at radius 2 is 2.22 bits per heavy atom. The maximum absolute atomic E-state index is 12.1. The molecular weight excluding hydrogens is 250 g/mol. The molecule has 94 valence electrons. The summed E-state index contributed by atoms with van der Waals surface area (Å²) in [7, 11) is 0. The molecule has 1 aliphatic carbocycles. The van der Waals surface area contributed by atoms with Crippen molar-refractivity contribution in [3.63, 3.8) is 0 Å². The van der Waals surface area contributed by atoms with E-state index in [0.717, 1.165) is 23.7 Å². The van der Waals surface area contributed by atoms with Gasteiger partial charge in [-0.15, -0.1) is 0 Å². The van der Waals surface area contributed by atoms with Gasteiger partial charge in [-0.1, -0.05) is 24.4 Å². The van der Waals surface area contributed by atoms with Crippen molar-refractivity contribution < 1.29 is 4.79 Å². The largest absolute Gasteiger partial charge is 0.348 e. The summed E-state index contributed by atoms with van der Waals surface area (Å²) in [5.41, 5.74) is 1.27. The maximum Gasteiger partial charge on any atom is 0.267 e. The lowest BCUT2D eigenvalue weighted by atomic mass is 10.2. The van der Waals surface area contributed by atoms with Crippen LogP contribution in [-0.2, 0) is 0 Å². The molecule has 1 amide bonds. The van der Waals surface area contributed by atoms with Crippen molar-refractivity contribution in [1.29, 1.82) is 0 Å². The summed E-state index contributed by atoms with van der Waals surface area (Å²) >= 11 is 5.97. The molecule has 0 radical (unpaired) electrons. The highest BCUT2D eigenvalue weighted by Crippen LogP contribution is 2.22. The molecule has 0 bridgehead atoms. The van der Waals surface area contributed by atoms with Crippen molar-refractivity contribution in [3.8, 4) is 0 Å². The van der Waals surface area contributed by atoms with Gasteiger partial charge in [-0.05, 0) is 25.0 Å². The zero-order valence-electron chi connectivity index (χ0n) is 9.87. The smallest absolute Gasteiger partial charge is 0.267 e. The van der Waals surface area contributed by atoms with Crippen molar-refractivity contribution in [1.82, 2.24) is 15.3 Å². The number of carbonyl (C=O) groups is 1. The van der Waals surface area contributed by atoms with Gasteiger partial charge in [0.2, 0.25) is 0 Å². The van der Waals surface area contributed by atoms with Crippen LogP contribution in [0, 0.1) is 0 Å². The summed E-state index contributed by atoms with van der Waals surface area (Å²) in [5, 5.41) is 4.35. The molecule has 0 saturated heterocycles. The van der Waals surface area contributed by atoms with E-state index in [1.165, 1.54) is 12.8 Å². The third-order valence-corrected chi connectivity index (χ3v) is 3.72. The number of aromatic nitrogens is 2. The first kappa shape index (κ1) is 11.5. The minimum absolute atomic E-state index is 0.0610. The van der Waals surface area contributed by atoms with Crippen LogP contribution in [0.25, 0.3) is 10.9 Å². The summed E-state index contributed by atoms with van der Waals surface area (Å²) in [6.45, 7) is 0. The Balaban J connectivity index is 1.85. The second-order valence-corrected chi connectivity index (χ2v) is 5.06. The van der Waals surface area contributed by atoms with Gasteiger partial charge in [-0.2, -0.15) is 0 Å². The number of fused-ring (bicyclic) bond motifs is 1. The molecule has 0 spiro atoms. The molecule has 0 aromatic carbocycles. The summed E-state index contributed by atoms with van der Waals surface area (Å²) in [6, 6.07) is 3.97. The zero-order valence-corrected chi connectivity index (χ0v) is 10.6. The van der Waals surface area contributed by atoms with E-state index in [2.05, 4.69) is 15.3 Å². The number of nitrogens with zero attached hydrogens (tertiary/aromatic N) is 1. The van der Waals surface area contributed by atoms with E-state index in [0.29, 0.717) is 16.9 Å². The summed E-state index contributed by atoms with van der Waals surface area (Å²) in [6.07, 6.45) is 6.19. The molecule has 2 N–H and O–H groups in total. The molecular formula is C13H14ClN3O. The van der Waals surface area contributed by atoms with E-state index >= 15 is 0 Å². The lowest BCUT2D eigenvalue weighted by molar-refractivity contribution is 0.0933. The summed E-state index contributed by atoms with van der Waals surface area (Å²) in [5.74, 6) is -0.0610. The predicted octanol–water partition coefficient (Wildman–Crippen LogP) is 2.89. The van der Waals surface area contributed by atoms with Gasteiger partial charge in [-0.3, -0.25) is 4.79 Å². The molecule has 1 fully saturated rings. The Bertz CT molecular complexity index is 587. The number of halogens is 1. The van der Waals surface area contributed by atoms with Gasteiger partial charge < -0.3 is 10.3 Å². The van der Waals surface area contributed by atoms with Crippen LogP contribution in [0.1, 0.15) is 36.2 Å². The first-order chi connectivity index (χ1) is 8.74. The fourth-order valence-corrected chi connectivity index (χ4v) is 2.69. The van der Waals surface area contributed by atoms with Crippen molar-refractivity contribution in [3.05, 3.63) is 29.2 Å². The van der Waals surface area contributed by atoms with Crippen LogP contribution in [-0.4, -0.2) is 21.9 Å². The van der Waals surface area contributed by atoms with Crippen molar-refractivity contribution in [2.45, 2.75) is 31.7 Å². The Morgan fingerprint density at radius 1 is 1.44 bits per heavy atom. The number of pyridine rings is 1. The molecule has 1 saturated carbocycles. The van der Waals surface area contributed by atoms with Crippen molar-refractivity contribution in [2.24, 2.45) is 0 Å². The number of rotatable bonds is 2. The van der Waals surface area contributed by atoms with Gasteiger partial charge in [0.05, 0.1) is 5.52 Å². The molecule has 2 aromatic heterocycles. The molecule has 18 heavy (non-hydrogen) atoms. The lowest BCUT2D eigenvalue weighted by Gasteiger charge is -2.10. The molecule has 4 nitrogen and oxygen atoms in total. The third kappa shape index (κ3) is 2.08. The van der Waals surface area contributed by atoms with E-state index in [9.17, 15) is 4.79 Å². The SMILES string of the molecule is O=C(NC1CCCC1)c1cc2ccnc(Cl)c2[nH]1. The third-order valence-electron chi connectivity index (χ3n) is 3.43. The van der Waals surface area contributed by atoms with Crippen molar-refractivity contribution in [2.75, 3.05) is 0 Å². The predicted molar refractivity (Wildman–Crippen MR) is 70.8 cm³/mol. The van der Waals surface area contributed by atoms with E-state index in [4.69, 9.17) is 11.6 Å². The second kappa shape index (κ2) is 4.61. The van der Waals surface area contributed by atoms with E-state index in [-0.39, 0.29) is 5.91 Å². The Labute approximate surface area is 110 Å². The standard InChI is InChI=1S/C13H14ClN3O/c14-12-11-8(5-6-15-12)7-10(17-11)13(18)16-9-3-1-2-4-9/h5-7,9,17H,1-4H2,(H,16,18). The van der Waals surface area contributed by atoms with Crippen LogP contribution >= 0.6 is 11.6 Å². The average Bonchev–Trinajstić information content (AvgIpc) is 2.97. The normalized spacial score (nSPS) is 16.3. The summed E-state index contributed by atoms with van der Waals surface area (Å²) in [4.78, 5) is 19.1. The molecule has 0 unspecified atom stereocenters. The average molecular weight is 264 g/mol. The van der Waals surface area contributed by atoms with E-state index < -0.39 is 0 Å². The summed E-state index contributed by atoms with van der Waals surface area (Å²) < 4.78 is 0. The highest BCUT2D eigenvalue weighted by Gasteiger charge is 2.19. The Kier molecular flexibility index (Phi) is 2.96. The van der Waals surface area contributed by atoms with Gasteiger partial charge >= 0.3 is 0 Å². The van der Waals surface area contributed by atoms with Gasteiger partial charge in [0, 0.05) is 17.6 Å². The topological polar surface area (TPSA) is 57.8 Å². The fourth-order valence-electron chi connectivity index (χ4n) is 2.48. The Morgan fingerprint density at radius 3 is 2.94 bits per heavy atom. The molecule has 0 atom stereocenters. The number of hydrogen-bond donors (Lipinski definition) is 2. The van der Waals surface area contributed by atoms with Gasteiger partial charge in [-0.25, -0.2) is 4.98 Å². The van der Waals surface area contributed by atoms with Crippen LogP contribution in [0.3, 0.4) is 0 Å². The van der Waals surface area contributed by atoms with Crippen LogP contribution in [0.5, 0.6) is 0 Å². The number of aromatic amines is 1. The first-order valence-corrected chi connectivity index (χ1v) is 6.56. The molecule has 0 aliphatic heterocycles. The highest BCUT2D eigenvalue weighted by molar-refractivity contribution is 6.33. The van der Waals surface area contributed by atoms with Crippen LogP contribution in [0.15, 0.2) is 18.3 Å². The minimum Gasteiger partial charge on any atom is -0.348 e. The lowest BCUT2D eigenvalue weighted by Crippen LogP contribution is -2.32. The number of amides is 1. The molecule has 2 heterocycles. The number of carbonyl (C=O) groups excluding carboxylic acids is 1. The molecule has 1 aliphatic rings. The Hall–Kier alpha value is -1.55. The van der Waals surface area contributed by atoms with E-state index in [1.807, 2.05) is 12.1 Å². The van der Waals surface area contributed by atoms with Crippen LogP contribution < -0.4 is 5.32 Å². The van der Waals surface area contributed by atoms with E-state index in [1.54, 1.807) is 6.20 Å². The van der Waals surface area contributed by atoms with Gasteiger partial charge in [0.15, 0.2) is 5.15 Å². The number of hydrogen-bond acceptors (Lipinski definition) is 2. The molecule has 2 aromatic rings. The maximum atomic E-state index is 12.1. The minimum atomic E-state index is -0.0610. The monoisotopic (exact) mass is 263 g/mol. The van der Waals surface area contributed by atoms with Crippen LogP contribution in [0.4, 0.5) is 0 Å². The zero-order chi connectivity index (χ0) is 12.5. The highest BCUT2D eigenvalue weighted by atomic mass is 35.5. The molecule has 5 heteroatoms. The quantitative estimate of drug-likeness (QED) is 0.819. The van der Waals surface area contributed by atoms with Crippen LogP contribution in [0.2, 0.25) is 5.15 Å². The first-order valence-electron chi connectivity index (χ1n) is 6.18. The fraction of sp³-hybridized carbons (Fsp3) is 0.385. The number of nitrogens with one attached hydrogen (secondary N) is 2. The van der Waals surface area contributed by atoms with Gasteiger partial charge in [0.1, 0.15) is 5.69 Å². The number of H-pyrrole nitrogens is 1. The van der Waals surface area contributed by atoms with Crippen molar-refractivity contribution >= 4 is 28.4 Å². The second-order valence-electron chi connectivity index (χ2n) is 4.70. The van der Waals surface area contributed by atoms with Gasteiger partial charge in [0.25, 0.3) is 5.91 Å². The molecule has 3 rings (SSSR count).